The molecule has 1 aliphatic heterocycles. The number of aryl methyl sites for hydroxylation is 1. The number of nitrogens with one attached hydrogen (secondary N) is 1. The van der Waals surface area contributed by atoms with Crippen molar-refractivity contribution in [3.05, 3.63) is 56.7 Å². The Bertz CT molecular complexity index is 1080. The van der Waals surface area contributed by atoms with E-state index < -0.39 is 5.97 Å². The number of pyridine rings is 1. The van der Waals surface area contributed by atoms with E-state index in [2.05, 4.69) is 4.98 Å². The third-order valence-electron chi connectivity index (χ3n) is 3.94. The smallest absolute Gasteiger partial charge is 0.347 e. The van der Waals surface area contributed by atoms with Gasteiger partial charge < -0.3 is 14.5 Å². The van der Waals surface area contributed by atoms with E-state index in [1.54, 1.807) is 18.4 Å². The van der Waals surface area contributed by atoms with Crippen LogP contribution in [0.2, 0.25) is 0 Å². The minimum atomic E-state index is -0.413. The molecule has 0 unspecified atom stereocenters. The maximum atomic E-state index is 12.2. The van der Waals surface area contributed by atoms with Gasteiger partial charge in [-0.3, -0.25) is 0 Å². The number of ether oxygens (including phenoxy) is 2. The molecular weight excluding hydrogens is 342 g/mol. The van der Waals surface area contributed by atoms with E-state index in [1.807, 2.05) is 42.6 Å². The summed E-state index contributed by atoms with van der Waals surface area (Å²) in [6.07, 6.45) is 1.87. The third-order valence-corrected chi connectivity index (χ3v) is 5.21. The Labute approximate surface area is 147 Å². The van der Waals surface area contributed by atoms with Crippen LogP contribution in [0.1, 0.15) is 27.2 Å². The van der Waals surface area contributed by atoms with Gasteiger partial charge in [0, 0.05) is 26.9 Å². The first-order chi connectivity index (χ1) is 11.6. The number of hydrogen-bond acceptors (Lipinski definition) is 5. The molecule has 4 nitrogen and oxygen atoms in total. The van der Waals surface area contributed by atoms with Crippen molar-refractivity contribution in [3.8, 4) is 5.75 Å². The SMILES string of the molecule is COc1cccc2scc(/C=C3\OC(=O)c4c3cc(C)[nH]c4=S)c12. The molecule has 0 spiro atoms. The number of fused-ring (bicyclic) bond motifs is 2. The van der Waals surface area contributed by atoms with Crippen molar-refractivity contribution < 1.29 is 14.3 Å². The normalized spacial score (nSPS) is 14.9. The average Bonchev–Trinajstić information content (AvgIpc) is 3.09. The third kappa shape index (κ3) is 2.26. The summed E-state index contributed by atoms with van der Waals surface area (Å²) in [5.41, 5.74) is 3.00. The number of hydrogen-bond donors (Lipinski definition) is 1. The van der Waals surface area contributed by atoms with E-state index in [4.69, 9.17) is 21.7 Å². The number of rotatable bonds is 2. The van der Waals surface area contributed by atoms with Crippen LogP contribution in [-0.2, 0) is 4.74 Å². The number of methoxy groups -OCH3 is 1. The van der Waals surface area contributed by atoms with Crippen LogP contribution >= 0.6 is 23.6 Å². The molecule has 120 valence electrons. The number of aromatic amines is 1. The molecule has 0 saturated carbocycles. The monoisotopic (exact) mass is 355 g/mol. The van der Waals surface area contributed by atoms with Gasteiger partial charge in [-0.15, -0.1) is 11.3 Å². The first-order valence-corrected chi connectivity index (χ1v) is 8.59. The van der Waals surface area contributed by atoms with Crippen molar-refractivity contribution in [1.82, 2.24) is 4.98 Å². The van der Waals surface area contributed by atoms with Crippen LogP contribution in [-0.4, -0.2) is 18.1 Å². The maximum Gasteiger partial charge on any atom is 0.347 e. The predicted molar refractivity (Wildman–Crippen MR) is 98.0 cm³/mol. The number of thiophene rings is 1. The van der Waals surface area contributed by atoms with E-state index in [1.165, 1.54) is 0 Å². The van der Waals surface area contributed by atoms with Crippen LogP contribution < -0.4 is 4.74 Å². The van der Waals surface area contributed by atoms with Crippen LogP contribution in [0.5, 0.6) is 5.75 Å². The Morgan fingerprint density at radius 3 is 3.00 bits per heavy atom. The zero-order chi connectivity index (χ0) is 16.8. The van der Waals surface area contributed by atoms with Gasteiger partial charge in [-0.2, -0.15) is 0 Å². The summed E-state index contributed by atoms with van der Waals surface area (Å²) in [6.45, 7) is 1.90. The fourth-order valence-corrected chi connectivity index (χ4v) is 4.18. The van der Waals surface area contributed by atoms with Gasteiger partial charge in [-0.05, 0) is 36.6 Å². The maximum absolute atomic E-state index is 12.2. The summed E-state index contributed by atoms with van der Waals surface area (Å²) in [5, 5.41) is 3.04. The molecule has 0 fully saturated rings. The number of carbonyl (C=O) groups excluding carboxylic acids is 1. The Morgan fingerprint density at radius 2 is 2.21 bits per heavy atom. The van der Waals surface area contributed by atoms with Crippen LogP contribution in [0, 0.1) is 11.6 Å². The summed E-state index contributed by atoms with van der Waals surface area (Å²) < 4.78 is 12.5. The standard InChI is InChI=1S/C18H13NO3S2/c1-9-6-11-13(22-18(20)16(11)17(23)19-9)7-10-8-24-14-5-3-4-12(21-2)15(10)14/h3-8H,1-2H3,(H,19,23)/b13-7-. The number of H-pyrrole nitrogens is 1. The second-order valence-electron chi connectivity index (χ2n) is 5.49. The van der Waals surface area contributed by atoms with Crippen LogP contribution in [0.4, 0.5) is 0 Å². The Hall–Kier alpha value is -2.44. The van der Waals surface area contributed by atoms with Gasteiger partial charge in [-0.1, -0.05) is 18.3 Å². The van der Waals surface area contributed by atoms with Crippen molar-refractivity contribution in [2.45, 2.75) is 6.92 Å². The molecule has 1 aromatic carbocycles. The minimum Gasteiger partial charge on any atom is -0.496 e. The van der Waals surface area contributed by atoms with Crippen LogP contribution in [0.15, 0.2) is 29.6 Å². The molecular formula is C18H13NO3S2. The molecule has 1 N–H and O–H groups in total. The van der Waals surface area contributed by atoms with Gasteiger partial charge in [-0.25, -0.2) is 4.79 Å². The number of aromatic nitrogens is 1. The van der Waals surface area contributed by atoms with E-state index in [-0.39, 0.29) is 0 Å². The summed E-state index contributed by atoms with van der Waals surface area (Å²) in [7, 11) is 1.65. The summed E-state index contributed by atoms with van der Waals surface area (Å²) in [4.78, 5) is 15.1. The number of cyclic esters (lactones) is 1. The molecule has 3 aromatic rings. The Balaban J connectivity index is 1.94. The molecule has 4 rings (SSSR count). The lowest BCUT2D eigenvalue weighted by molar-refractivity contribution is 0.0716. The lowest BCUT2D eigenvalue weighted by Crippen LogP contribution is -1.97. The topological polar surface area (TPSA) is 51.3 Å². The van der Waals surface area contributed by atoms with Crippen molar-refractivity contribution in [2.24, 2.45) is 0 Å². The molecule has 0 saturated heterocycles. The molecule has 2 aromatic heterocycles. The van der Waals surface area contributed by atoms with Crippen molar-refractivity contribution in [1.29, 1.82) is 0 Å². The summed E-state index contributed by atoms with van der Waals surface area (Å²) in [5.74, 6) is 0.902. The first kappa shape index (κ1) is 15.1. The predicted octanol–water partition coefficient (Wildman–Crippen LogP) is 4.94. The molecule has 0 bridgehead atoms. The molecule has 0 atom stereocenters. The molecule has 6 heteroatoms. The van der Waals surface area contributed by atoms with Gasteiger partial charge >= 0.3 is 5.97 Å². The number of carbonyl (C=O) groups is 1. The van der Waals surface area contributed by atoms with Gasteiger partial charge in [0.1, 0.15) is 21.7 Å². The van der Waals surface area contributed by atoms with Gasteiger partial charge in [0.15, 0.2) is 0 Å². The highest BCUT2D eigenvalue weighted by atomic mass is 32.1. The number of esters is 1. The van der Waals surface area contributed by atoms with Crippen LogP contribution in [0.3, 0.4) is 0 Å². The number of benzene rings is 1. The molecule has 3 heterocycles. The lowest BCUT2D eigenvalue weighted by atomic mass is 10.1. The van der Waals surface area contributed by atoms with E-state index in [0.717, 1.165) is 32.7 Å². The van der Waals surface area contributed by atoms with Gasteiger partial charge in [0.25, 0.3) is 0 Å². The molecule has 0 aliphatic carbocycles. The quantitative estimate of drug-likeness (QED) is 0.522. The summed E-state index contributed by atoms with van der Waals surface area (Å²) in [6, 6.07) is 7.81. The Kier molecular flexibility index (Phi) is 3.51. The Morgan fingerprint density at radius 1 is 1.38 bits per heavy atom. The van der Waals surface area contributed by atoms with Gasteiger partial charge in [0.05, 0.1) is 7.11 Å². The highest BCUT2D eigenvalue weighted by Gasteiger charge is 2.28. The van der Waals surface area contributed by atoms with Crippen molar-refractivity contribution in [2.75, 3.05) is 7.11 Å². The van der Waals surface area contributed by atoms with E-state index in [9.17, 15) is 4.79 Å². The van der Waals surface area contributed by atoms with Gasteiger partial charge in [0.2, 0.25) is 0 Å². The highest BCUT2D eigenvalue weighted by molar-refractivity contribution is 7.71. The average molecular weight is 355 g/mol. The highest BCUT2D eigenvalue weighted by Crippen LogP contribution is 2.38. The second-order valence-corrected chi connectivity index (χ2v) is 6.81. The molecule has 1 aliphatic rings. The molecule has 0 radical (unpaired) electrons. The molecule has 24 heavy (non-hydrogen) atoms. The van der Waals surface area contributed by atoms with Crippen molar-refractivity contribution >= 4 is 51.4 Å². The van der Waals surface area contributed by atoms with Crippen molar-refractivity contribution in [3.63, 3.8) is 0 Å². The largest absolute Gasteiger partial charge is 0.496 e. The van der Waals surface area contributed by atoms with E-state index >= 15 is 0 Å². The second kappa shape index (κ2) is 5.58. The fraction of sp³-hybridized carbons (Fsp3) is 0.111. The lowest BCUT2D eigenvalue weighted by Gasteiger charge is -2.04. The molecule has 0 amide bonds. The van der Waals surface area contributed by atoms with Crippen LogP contribution in [0.25, 0.3) is 21.9 Å². The minimum absolute atomic E-state index is 0.408. The fourth-order valence-electron chi connectivity index (χ4n) is 2.90. The zero-order valence-electron chi connectivity index (χ0n) is 13.0. The summed E-state index contributed by atoms with van der Waals surface area (Å²) >= 11 is 6.88. The zero-order valence-corrected chi connectivity index (χ0v) is 14.6. The van der Waals surface area contributed by atoms with E-state index in [0.29, 0.717) is 16.0 Å². The first-order valence-electron chi connectivity index (χ1n) is 7.31.